The molecule has 0 N–H and O–H groups in total. The highest BCUT2D eigenvalue weighted by atomic mass is 16.5. The fourth-order valence-corrected chi connectivity index (χ4v) is 2.86. The van der Waals surface area contributed by atoms with Gasteiger partial charge in [-0.2, -0.15) is 0 Å². The van der Waals surface area contributed by atoms with Crippen molar-refractivity contribution in [2.24, 2.45) is 0 Å². The van der Waals surface area contributed by atoms with Crippen molar-refractivity contribution >= 4 is 0 Å². The maximum atomic E-state index is 5.53. The van der Waals surface area contributed by atoms with Crippen molar-refractivity contribution in [2.75, 3.05) is 7.11 Å². The molecule has 0 aliphatic carbocycles. The van der Waals surface area contributed by atoms with Gasteiger partial charge in [0, 0.05) is 23.5 Å². The van der Waals surface area contributed by atoms with Crippen LogP contribution < -0.4 is 4.74 Å². The lowest BCUT2D eigenvalue weighted by molar-refractivity contribution is 0.416. The number of nitrogens with zero attached hydrogens (tertiary/aromatic N) is 4. The minimum absolute atomic E-state index is 0.814. The molecule has 0 saturated carbocycles. The Kier molecular flexibility index (Phi) is 3.96. The molecule has 122 valence electrons. The molecule has 0 radical (unpaired) electrons. The van der Waals surface area contributed by atoms with Gasteiger partial charge in [0.05, 0.1) is 42.9 Å². The molecule has 1 aromatic carbocycles. The molecule has 3 heterocycles. The van der Waals surface area contributed by atoms with Crippen LogP contribution in [0.1, 0.15) is 0 Å². The predicted octanol–water partition coefficient (Wildman–Crippen LogP) is 4.00. The van der Waals surface area contributed by atoms with Gasteiger partial charge in [0.1, 0.15) is 5.75 Å². The zero-order chi connectivity index (χ0) is 17.1. The van der Waals surface area contributed by atoms with E-state index in [1.807, 2.05) is 59.3 Å². The number of rotatable bonds is 4. The lowest BCUT2D eigenvalue weighted by atomic mass is 10.0. The average molecular weight is 328 g/mol. The second-order valence-corrected chi connectivity index (χ2v) is 5.46. The van der Waals surface area contributed by atoms with Crippen molar-refractivity contribution in [2.45, 2.75) is 0 Å². The SMILES string of the molecule is COc1ccccc1-c1ccncc1-n1cncc1-c1ccccn1. The normalized spacial score (nSPS) is 10.6. The van der Waals surface area contributed by atoms with E-state index < -0.39 is 0 Å². The van der Waals surface area contributed by atoms with E-state index in [1.54, 1.807) is 32.0 Å². The number of imidazole rings is 1. The number of para-hydroxylation sites is 1. The highest BCUT2D eigenvalue weighted by molar-refractivity contribution is 5.78. The zero-order valence-corrected chi connectivity index (χ0v) is 13.7. The summed E-state index contributed by atoms with van der Waals surface area (Å²) in [5.74, 6) is 0.814. The molecule has 4 aromatic rings. The Balaban J connectivity index is 1.91. The van der Waals surface area contributed by atoms with Gasteiger partial charge in [-0.3, -0.25) is 14.5 Å². The van der Waals surface area contributed by atoms with Gasteiger partial charge in [0.2, 0.25) is 0 Å². The summed E-state index contributed by atoms with van der Waals surface area (Å²) in [5.41, 5.74) is 4.70. The van der Waals surface area contributed by atoms with E-state index >= 15 is 0 Å². The molecule has 0 saturated heterocycles. The number of aromatic nitrogens is 4. The van der Waals surface area contributed by atoms with E-state index in [4.69, 9.17) is 4.74 Å². The number of ether oxygens (including phenoxy) is 1. The predicted molar refractivity (Wildman–Crippen MR) is 96.6 cm³/mol. The summed E-state index contributed by atoms with van der Waals surface area (Å²) in [4.78, 5) is 13.1. The lowest BCUT2D eigenvalue weighted by Crippen LogP contribution is -2.00. The van der Waals surface area contributed by atoms with Gasteiger partial charge < -0.3 is 4.74 Å². The van der Waals surface area contributed by atoms with E-state index in [2.05, 4.69) is 15.0 Å². The van der Waals surface area contributed by atoms with Crippen LogP contribution in [0.5, 0.6) is 5.75 Å². The van der Waals surface area contributed by atoms with E-state index in [0.717, 1.165) is 34.0 Å². The van der Waals surface area contributed by atoms with E-state index in [9.17, 15) is 0 Å². The molecule has 0 fully saturated rings. The molecule has 0 spiro atoms. The van der Waals surface area contributed by atoms with Gasteiger partial charge >= 0.3 is 0 Å². The topological polar surface area (TPSA) is 52.8 Å². The molecule has 3 aromatic heterocycles. The summed E-state index contributed by atoms with van der Waals surface area (Å²) in [6, 6.07) is 15.7. The molecule has 5 nitrogen and oxygen atoms in total. The highest BCUT2D eigenvalue weighted by Gasteiger charge is 2.15. The summed E-state index contributed by atoms with van der Waals surface area (Å²) in [5, 5.41) is 0. The lowest BCUT2D eigenvalue weighted by Gasteiger charge is -2.15. The number of benzene rings is 1. The number of methoxy groups -OCH3 is 1. The Labute approximate surface area is 145 Å². The van der Waals surface area contributed by atoms with Gasteiger partial charge in [0.25, 0.3) is 0 Å². The first-order valence-corrected chi connectivity index (χ1v) is 7.90. The van der Waals surface area contributed by atoms with Crippen molar-refractivity contribution in [1.82, 2.24) is 19.5 Å². The van der Waals surface area contributed by atoms with Gasteiger partial charge in [-0.15, -0.1) is 0 Å². The van der Waals surface area contributed by atoms with Crippen LogP contribution in [-0.2, 0) is 0 Å². The summed E-state index contributed by atoms with van der Waals surface area (Å²) in [6.45, 7) is 0. The van der Waals surface area contributed by atoms with E-state index in [1.165, 1.54) is 0 Å². The van der Waals surface area contributed by atoms with Gasteiger partial charge in [-0.05, 0) is 24.3 Å². The first kappa shape index (κ1) is 15.1. The van der Waals surface area contributed by atoms with Crippen LogP contribution in [-0.4, -0.2) is 26.6 Å². The van der Waals surface area contributed by atoms with Crippen molar-refractivity contribution in [3.63, 3.8) is 0 Å². The third-order valence-electron chi connectivity index (χ3n) is 4.02. The average Bonchev–Trinajstić information content (AvgIpc) is 3.18. The van der Waals surface area contributed by atoms with Gasteiger partial charge in [-0.25, -0.2) is 4.98 Å². The Morgan fingerprint density at radius 2 is 1.72 bits per heavy atom. The number of hydrogen-bond acceptors (Lipinski definition) is 4. The molecular weight excluding hydrogens is 312 g/mol. The maximum Gasteiger partial charge on any atom is 0.126 e. The molecule has 0 unspecified atom stereocenters. The molecular formula is C20H16N4O. The minimum atomic E-state index is 0.814. The van der Waals surface area contributed by atoms with Gasteiger partial charge in [-0.1, -0.05) is 24.3 Å². The quantitative estimate of drug-likeness (QED) is 0.568. The standard InChI is InChI=1S/C20H16N4O/c1-25-20-8-3-2-6-16(20)15-9-11-21-12-18(15)24-14-22-13-19(24)17-7-4-5-10-23-17/h2-14H,1H3. The number of pyridine rings is 2. The van der Waals surface area contributed by atoms with Crippen molar-refractivity contribution in [3.05, 3.63) is 79.6 Å². The van der Waals surface area contributed by atoms with Crippen LogP contribution in [0.25, 0.3) is 28.2 Å². The Bertz CT molecular complexity index is 995. The summed E-state index contributed by atoms with van der Waals surface area (Å²) >= 11 is 0. The Morgan fingerprint density at radius 1 is 0.840 bits per heavy atom. The third kappa shape index (κ3) is 2.76. The van der Waals surface area contributed by atoms with E-state index in [0.29, 0.717) is 0 Å². The first-order chi connectivity index (χ1) is 12.4. The van der Waals surface area contributed by atoms with Crippen LogP contribution in [0.2, 0.25) is 0 Å². The van der Waals surface area contributed by atoms with Crippen LogP contribution in [0, 0.1) is 0 Å². The summed E-state index contributed by atoms with van der Waals surface area (Å²) < 4.78 is 7.53. The minimum Gasteiger partial charge on any atom is -0.496 e. The molecule has 25 heavy (non-hydrogen) atoms. The van der Waals surface area contributed by atoms with Crippen molar-refractivity contribution in [1.29, 1.82) is 0 Å². The second-order valence-electron chi connectivity index (χ2n) is 5.46. The fourth-order valence-electron chi connectivity index (χ4n) is 2.86. The smallest absolute Gasteiger partial charge is 0.126 e. The maximum absolute atomic E-state index is 5.53. The van der Waals surface area contributed by atoms with Crippen LogP contribution >= 0.6 is 0 Å². The molecule has 0 atom stereocenters. The fraction of sp³-hybridized carbons (Fsp3) is 0.0500. The molecule has 5 heteroatoms. The Hall–Kier alpha value is -3.47. The molecule has 0 aliphatic heterocycles. The van der Waals surface area contributed by atoms with Crippen molar-refractivity contribution in [3.8, 4) is 34.0 Å². The van der Waals surface area contributed by atoms with E-state index in [-0.39, 0.29) is 0 Å². The molecule has 0 bridgehead atoms. The highest BCUT2D eigenvalue weighted by Crippen LogP contribution is 2.34. The Morgan fingerprint density at radius 3 is 2.56 bits per heavy atom. The van der Waals surface area contributed by atoms with Gasteiger partial charge in [0.15, 0.2) is 0 Å². The van der Waals surface area contributed by atoms with Crippen LogP contribution in [0.3, 0.4) is 0 Å². The number of hydrogen-bond donors (Lipinski definition) is 0. The van der Waals surface area contributed by atoms with Crippen molar-refractivity contribution < 1.29 is 4.74 Å². The molecule has 4 rings (SSSR count). The zero-order valence-electron chi connectivity index (χ0n) is 13.7. The molecule has 0 amide bonds. The molecule has 0 aliphatic rings. The summed E-state index contributed by atoms with van der Waals surface area (Å²) in [7, 11) is 1.68. The summed E-state index contributed by atoms with van der Waals surface area (Å²) in [6.07, 6.45) is 8.97. The monoisotopic (exact) mass is 328 g/mol. The first-order valence-electron chi connectivity index (χ1n) is 7.90. The van der Waals surface area contributed by atoms with Crippen LogP contribution in [0.15, 0.2) is 79.6 Å². The second kappa shape index (κ2) is 6.57. The van der Waals surface area contributed by atoms with Crippen LogP contribution in [0.4, 0.5) is 0 Å². The largest absolute Gasteiger partial charge is 0.496 e. The third-order valence-corrected chi connectivity index (χ3v) is 4.02.